The Bertz CT molecular complexity index is 149. The van der Waals surface area contributed by atoms with Crippen molar-refractivity contribution in [1.29, 1.82) is 4.78 Å². The zero-order chi connectivity index (χ0) is 6.04. The predicted molar refractivity (Wildman–Crippen MR) is 32.3 cm³/mol. The van der Waals surface area contributed by atoms with Gasteiger partial charge in [-0.2, -0.15) is 0 Å². The van der Waals surface area contributed by atoms with E-state index in [1.807, 2.05) is 0 Å². The summed E-state index contributed by atoms with van der Waals surface area (Å²) < 4.78 is 18.0. The molecule has 1 fully saturated rings. The highest BCUT2D eigenvalue weighted by molar-refractivity contribution is 7.92. The SMILES string of the molecule is N=S1(=O)CC[NH2+]CC1. The molecule has 0 unspecified atom stereocenters. The molecule has 8 heavy (non-hydrogen) atoms. The molecule has 0 aromatic rings. The summed E-state index contributed by atoms with van der Waals surface area (Å²) in [5.74, 6) is 1.18. The van der Waals surface area contributed by atoms with Crippen LogP contribution in [0.4, 0.5) is 0 Å². The Kier molecular flexibility index (Phi) is 1.53. The molecule has 1 aliphatic rings. The number of rotatable bonds is 0. The van der Waals surface area contributed by atoms with Gasteiger partial charge in [0, 0.05) is 0 Å². The van der Waals surface area contributed by atoms with Crippen molar-refractivity contribution in [2.24, 2.45) is 0 Å². The molecule has 48 valence electrons. The van der Waals surface area contributed by atoms with E-state index in [9.17, 15) is 4.21 Å². The topological polar surface area (TPSA) is 57.5 Å². The molecule has 0 bridgehead atoms. The van der Waals surface area contributed by atoms with Crippen molar-refractivity contribution in [1.82, 2.24) is 0 Å². The highest BCUT2D eigenvalue weighted by atomic mass is 32.2. The highest BCUT2D eigenvalue weighted by Gasteiger charge is 2.12. The van der Waals surface area contributed by atoms with E-state index in [2.05, 4.69) is 5.32 Å². The van der Waals surface area contributed by atoms with Crippen LogP contribution in [0.15, 0.2) is 0 Å². The van der Waals surface area contributed by atoms with E-state index in [0.29, 0.717) is 11.5 Å². The van der Waals surface area contributed by atoms with Crippen LogP contribution in [0.1, 0.15) is 0 Å². The van der Waals surface area contributed by atoms with Gasteiger partial charge in [0.15, 0.2) is 0 Å². The molecular formula is C4H11N2OS+. The van der Waals surface area contributed by atoms with Crippen molar-refractivity contribution < 1.29 is 9.53 Å². The van der Waals surface area contributed by atoms with Crippen LogP contribution in [0.3, 0.4) is 0 Å². The maximum Gasteiger partial charge on any atom is 0.0881 e. The zero-order valence-electron chi connectivity index (χ0n) is 4.72. The molecule has 3 nitrogen and oxygen atoms in total. The van der Waals surface area contributed by atoms with Gasteiger partial charge in [-0.1, -0.05) is 0 Å². The molecule has 0 aromatic heterocycles. The lowest BCUT2D eigenvalue weighted by Gasteiger charge is -2.10. The summed E-state index contributed by atoms with van der Waals surface area (Å²) in [6, 6.07) is 0. The molecule has 1 rings (SSSR count). The first kappa shape index (κ1) is 6.04. The molecule has 1 heterocycles. The lowest BCUT2D eigenvalue weighted by molar-refractivity contribution is -0.648. The minimum absolute atomic E-state index is 0.590. The Balaban J connectivity index is 2.58. The fourth-order valence-electron chi connectivity index (χ4n) is 0.794. The standard InChI is InChI=1S/C4H10N2OS/c5-8(7)3-1-6-2-4-8/h5-6H,1-4H2/p+1. The molecule has 1 aliphatic heterocycles. The van der Waals surface area contributed by atoms with Crippen molar-refractivity contribution in [3.05, 3.63) is 0 Å². The van der Waals surface area contributed by atoms with Crippen molar-refractivity contribution in [3.8, 4) is 0 Å². The summed E-state index contributed by atoms with van der Waals surface area (Å²) >= 11 is 0. The maximum atomic E-state index is 10.9. The van der Waals surface area contributed by atoms with Crippen molar-refractivity contribution in [2.45, 2.75) is 0 Å². The second kappa shape index (κ2) is 2.03. The van der Waals surface area contributed by atoms with Crippen LogP contribution >= 0.6 is 0 Å². The van der Waals surface area contributed by atoms with Gasteiger partial charge in [-0.05, 0) is 0 Å². The fourth-order valence-corrected chi connectivity index (χ4v) is 2.09. The zero-order valence-corrected chi connectivity index (χ0v) is 5.54. The molecule has 0 aromatic carbocycles. The van der Waals surface area contributed by atoms with Gasteiger partial charge < -0.3 is 5.32 Å². The van der Waals surface area contributed by atoms with Crippen molar-refractivity contribution in [3.63, 3.8) is 0 Å². The Hall–Kier alpha value is -0.0900. The first-order valence-electron chi connectivity index (χ1n) is 2.76. The lowest BCUT2D eigenvalue weighted by Crippen LogP contribution is -2.88. The summed E-state index contributed by atoms with van der Waals surface area (Å²) in [5, 5.41) is 2.11. The van der Waals surface area contributed by atoms with Gasteiger partial charge in [0.1, 0.15) is 0 Å². The summed E-state index contributed by atoms with van der Waals surface area (Å²) in [6.45, 7) is 1.75. The quantitative estimate of drug-likeness (QED) is 0.422. The van der Waals surface area contributed by atoms with Crippen LogP contribution in [0.2, 0.25) is 0 Å². The average Bonchev–Trinajstić information content (AvgIpc) is 1.65. The van der Waals surface area contributed by atoms with Gasteiger partial charge >= 0.3 is 0 Å². The van der Waals surface area contributed by atoms with Crippen LogP contribution in [-0.4, -0.2) is 28.8 Å². The average molecular weight is 135 g/mol. The van der Waals surface area contributed by atoms with Gasteiger partial charge in [-0.3, -0.25) is 4.78 Å². The van der Waals surface area contributed by atoms with E-state index in [0.717, 1.165) is 13.1 Å². The second-order valence-corrected chi connectivity index (χ2v) is 4.53. The van der Waals surface area contributed by atoms with Crippen LogP contribution in [0.5, 0.6) is 0 Å². The second-order valence-electron chi connectivity index (χ2n) is 2.09. The molecule has 4 heteroatoms. The summed E-state index contributed by atoms with van der Waals surface area (Å²) in [7, 11) is -2.11. The van der Waals surface area contributed by atoms with E-state index >= 15 is 0 Å². The maximum absolute atomic E-state index is 10.9. The third-order valence-electron chi connectivity index (χ3n) is 1.30. The van der Waals surface area contributed by atoms with E-state index in [1.54, 1.807) is 0 Å². The minimum atomic E-state index is -2.11. The van der Waals surface area contributed by atoms with Crippen molar-refractivity contribution >= 4 is 9.73 Å². The Morgan fingerprint density at radius 3 is 2.12 bits per heavy atom. The number of hydrogen-bond donors (Lipinski definition) is 2. The normalized spacial score (nSPS) is 27.5. The molecule has 0 atom stereocenters. The first-order chi connectivity index (χ1) is 3.71. The number of nitrogens with one attached hydrogen (secondary N) is 1. The third-order valence-corrected chi connectivity index (χ3v) is 3.09. The summed E-state index contributed by atoms with van der Waals surface area (Å²) in [5.41, 5.74) is 0. The van der Waals surface area contributed by atoms with Gasteiger partial charge in [-0.15, -0.1) is 0 Å². The molecular weight excluding hydrogens is 124 g/mol. The van der Waals surface area contributed by atoms with Crippen LogP contribution < -0.4 is 5.32 Å². The van der Waals surface area contributed by atoms with Gasteiger partial charge in [0.05, 0.1) is 34.3 Å². The molecule has 1 saturated heterocycles. The van der Waals surface area contributed by atoms with Crippen LogP contribution in [0.25, 0.3) is 0 Å². The number of quaternary nitrogens is 1. The van der Waals surface area contributed by atoms with Crippen molar-refractivity contribution in [2.75, 3.05) is 24.6 Å². The van der Waals surface area contributed by atoms with E-state index < -0.39 is 9.73 Å². The molecule has 0 radical (unpaired) electrons. The monoisotopic (exact) mass is 135 g/mol. The predicted octanol–water partition coefficient (Wildman–Crippen LogP) is -1.39. The summed E-state index contributed by atoms with van der Waals surface area (Å²) in [4.78, 5) is 0. The Labute approximate surface area is 49.4 Å². The Morgan fingerprint density at radius 2 is 1.88 bits per heavy atom. The van der Waals surface area contributed by atoms with Crippen LogP contribution in [0, 0.1) is 4.78 Å². The largest absolute Gasteiger partial charge is 0.345 e. The van der Waals surface area contributed by atoms with E-state index in [1.165, 1.54) is 0 Å². The smallest absolute Gasteiger partial charge is 0.0881 e. The number of nitrogens with two attached hydrogens (primary N) is 1. The van der Waals surface area contributed by atoms with E-state index in [4.69, 9.17) is 4.78 Å². The molecule has 0 amide bonds. The van der Waals surface area contributed by atoms with E-state index in [-0.39, 0.29) is 0 Å². The molecule has 0 saturated carbocycles. The van der Waals surface area contributed by atoms with Crippen LogP contribution in [-0.2, 0) is 9.73 Å². The van der Waals surface area contributed by atoms with Gasteiger partial charge in [0.25, 0.3) is 0 Å². The third kappa shape index (κ3) is 1.45. The first-order valence-corrected chi connectivity index (χ1v) is 4.66. The molecule has 3 N–H and O–H groups in total. The number of hydrogen-bond acceptors (Lipinski definition) is 2. The van der Waals surface area contributed by atoms with Gasteiger partial charge in [-0.25, -0.2) is 4.21 Å². The molecule has 0 spiro atoms. The minimum Gasteiger partial charge on any atom is -0.345 e. The van der Waals surface area contributed by atoms with Gasteiger partial charge in [0.2, 0.25) is 0 Å². The fraction of sp³-hybridized carbons (Fsp3) is 1.00. The highest BCUT2D eigenvalue weighted by Crippen LogP contribution is 1.89. The Morgan fingerprint density at radius 1 is 1.38 bits per heavy atom. The molecule has 0 aliphatic carbocycles. The lowest BCUT2D eigenvalue weighted by atomic mass is 10.6. The summed E-state index contributed by atoms with van der Waals surface area (Å²) in [6.07, 6.45) is 0.